The van der Waals surface area contributed by atoms with E-state index in [0.717, 1.165) is 45.8 Å². The highest BCUT2D eigenvalue weighted by Crippen LogP contribution is 2.03. The first kappa shape index (κ1) is 13.2. The first-order chi connectivity index (χ1) is 8.40. The molecule has 0 aromatic heterocycles. The van der Waals surface area contributed by atoms with Crippen LogP contribution in [-0.4, -0.2) is 81.3 Å². The molecule has 5 heteroatoms. The number of nitrogens with two attached hydrogens (primary N) is 1. The van der Waals surface area contributed by atoms with Crippen LogP contribution in [0.1, 0.15) is 6.42 Å². The van der Waals surface area contributed by atoms with Gasteiger partial charge in [-0.3, -0.25) is 4.90 Å². The van der Waals surface area contributed by atoms with Gasteiger partial charge in [0, 0.05) is 58.4 Å². The molecule has 17 heavy (non-hydrogen) atoms. The molecule has 0 amide bonds. The Morgan fingerprint density at radius 3 is 2.71 bits per heavy atom. The van der Waals surface area contributed by atoms with Gasteiger partial charge in [-0.05, 0) is 19.5 Å². The van der Waals surface area contributed by atoms with E-state index in [-0.39, 0.29) is 0 Å². The standard InChI is InChI=1S/C12H27N5/c13-10-12-11-15-3-6-16-5-1-2-14-4-7-17(12)9-8-16/h12,14-15H,1-11,13H2. The molecule has 0 saturated carbocycles. The van der Waals surface area contributed by atoms with Gasteiger partial charge in [-0.1, -0.05) is 0 Å². The fourth-order valence-corrected chi connectivity index (χ4v) is 2.72. The second-order valence-corrected chi connectivity index (χ2v) is 5.07. The summed E-state index contributed by atoms with van der Waals surface area (Å²) in [5.74, 6) is 0. The summed E-state index contributed by atoms with van der Waals surface area (Å²) in [5.41, 5.74) is 5.90. The number of nitrogens with one attached hydrogen (secondary N) is 2. The summed E-state index contributed by atoms with van der Waals surface area (Å²) >= 11 is 0. The van der Waals surface area contributed by atoms with E-state index in [1.165, 1.54) is 26.1 Å². The molecule has 3 atom stereocenters. The smallest absolute Gasteiger partial charge is 0.0344 e. The zero-order valence-corrected chi connectivity index (χ0v) is 10.8. The van der Waals surface area contributed by atoms with Gasteiger partial charge in [0.25, 0.3) is 0 Å². The molecule has 3 unspecified atom stereocenters. The lowest BCUT2D eigenvalue weighted by Crippen LogP contribution is -2.50. The van der Waals surface area contributed by atoms with Gasteiger partial charge in [0.15, 0.2) is 0 Å². The first-order valence-corrected chi connectivity index (χ1v) is 6.98. The lowest BCUT2D eigenvalue weighted by atomic mass is 10.2. The van der Waals surface area contributed by atoms with Crippen molar-refractivity contribution < 1.29 is 0 Å². The van der Waals surface area contributed by atoms with Crippen molar-refractivity contribution in [3.63, 3.8) is 0 Å². The van der Waals surface area contributed by atoms with E-state index >= 15 is 0 Å². The minimum atomic E-state index is 0.496. The number of rotatable bonds is 1. The molecule has 0 aromatic carbocycles. The summed E-state index contributed by atoms with van der Waals surface area (Å²) < 4.78 is 0. The Kier molecular flexibility index (Phi) is 5.67. The summed E-state index contributed by atoms with van der Waals surface area (Å²) in [6, 6.07) is 0.496. The Bertz CT molecular complexity index is 211. The maximum absolute atomic E-state index is 5.90. The highest BCUT2D eigenvalue weighted by atomic mass is 15.3. The van der Waals surface area contributed by atoms with Gasteiger partial charge in [-0.15, -0.1) is 0 Å². The molecule has 4 N–H and O–H groups in total. The van der Waals surface area contributed by atoms with Crippen LogP contribution < -0.4 is 16.4 Å². The van der Waals surface area contributed by atoms with E-state index in [1.807, 2.05) is 0 Å². The van der Waals surface area contributed by atoms with Crippen LogP contribution in [0.25, 0.3) is 0 Å². The topological polar surface area (TPSA) is 56.6 Å². The maximum Gasteiger partial charge on any atom is 0.0344 e. The van der Waals surface area contributed by atoms with Crippen molar-refractivity contribution in [1.82, 2.24) is 20.4 Å². The first-order valence-electron chi connectivity index (χ1n) is 6.98. The van der Waals surface area contributed by atoms with Gasteiger partial charge < -0.3 is 21.3 Å². The molecule has 5 nitrogen and oxygen atoms in total. The highest BCUT2D eigenvalue weighted by molar-refractivity contribution is 4.80. The van der Waals surface area contributed by atoms with E-state index in [4.69, 9.17) is 5.73 Å². The van der Waals surface area contributed by atoms with E-state index in [2.05, 4.69) is 20.4 Å². The second-order valence-electron chi connectivity index (χ2n) is 5.07. The fourth-order valence-electron chi connectivity index (χ4n) is 2.72. The monoisotopic (exact) mass is 241 g/mol. The van der Waals surface area contributed by atoms with Crippen LogP contribution in [0.3, 0.4) is 0 Å². The van der Waals surface area contributed by atoms with Crippen LogP contribution in [0.5, 0.6) is 0 Å². The molecular formula is C12H27N5. The zero-order valence-electron chi connectivity index (χ0n) is 10.8. The van der Waals surface area contributed by atoms with Crippen LogP contribution in [0, 0.1) is 0 Å². The van der Waals surface area contributed by atoms with Gasteiger partial charge in [0.2, 0.25) is 0 Å². The van der Waals surface area contributed by atoms with Crippen molar-refractivity contribution >= 4 is 0 Å². The summed E-state index contributed by atoms with van der Waals surface area (Å²) in [6.07, 6.45) is 1.26. The molecule has 100 valence electrons. The molecule has 2 rings (SSSR count). The van der Waals surface area contributed by atoms with Gasteiger partial charge >= 0.3 is 0 Å². The summed E-state index contributed by atoms with van der Waals surface area (Å²) in [7, 11) is 0. The van der Waals surface area contributed by atoms with E-state index in [9.17, 15) is 0 Å². The third-order valence-corrected chi connectivity index (χ3v) is 3.88. The molecular weight excluding hydrogens is 214 g/mol. The summed E-state index contributed by atoms with van der Waals surface area (Å²) in [5, 5.41) is 7.07. The van der Waals surface area contributed by atoms with Gasteiger partial charge in [-0.25, -0.2) is 0 Å². The largest absolute Gasteiger partial charge is 0.329 e. The minimum absolute atomic E-state index is 0.496. The van der Waals surface area contributed by atoms with Crippen LogP contribution >= 0.6 is 0 Å². The number of hydrogen-bond acceptors (Lipinski definition) is 5. The van der Waals surface area contributed by atoms with Crippen LogP contribution in [-0.2, 0) is 0 Å². The van der Waals surface area contributed by atoms with Crippen LogP contribution in [0.15, 0.2) is 0 Å². The lowest BCUT2D eigenvalue weighted by molar-refractivity contribution is 0.168. The Hall–Kier alpha value is -0.200. The number of nitrogens with zero attached hydrogens (tertiary/aromatic N) is 2. The average molecular weight is 241 g/mol. The Balaban J connectivity index is 1.99. The number of hydrogen-bond donors (Lipinski definition) is 3. The Morgan fingerprint density at radius 1 is 0.941 bits per heavy atom. The van der Waals surface area contributed by atoms with Crippen molar-refractivity contribution in [2.45, 2.75) is 12.5 Å². The van der Waals surface area contributed by atoms with E-state index in [0.29, 0.717) is 6.04 Å². The fraction of sp³-hybridized carbons (Fsp3) is 1.00. The predicted molar refractivity (Wildman–Crippen MR) is 71.2 cm³/mol. The van der Waals surface area contributed by atoms with Crippen molar-refractivity contribution in [3.8, 4) is 0 Å². The van der Waals surface area contributed by atoms with Gasteiger partial charge in [0.1, 0.15) is 0 Å². The molecule has 0 aromatic rings. The zero-order chi connectivity index (χ0) is 11.9. The molecule has 2 aliphatic rings. The maximum atomic E-state index is 5.90. The molecule has 2 fully saturated rings. The van der Waals surface area contributed by atoms with Crippen LogP contribution in [0.2, 0.25) is 0 Å². The van der Waals surface area contributed by atoms with Crippen molar-refractivity contribution in [2.24, 2.45) is 5.73 Å². The predicted octanol–water partition coefficient (Wildman–Crippen LogP) is -1.49. The molecule has 2 heterocycles. The SMILES string of the molecule is NCC1CNCCN2CCCNCCN1CC2. The summed E-state index contributed by atoms with van der Waals surface area (Å²) in [6.45, 7) is 11.0. The molecule has 0 aliphatic carbocycles. The summed E-state index contributed by atoms with van der Waals surface area (Å²) in [4.78, 5) is 5.12. The normalized spacial score (nSPS) is 36.9. The third kappa shape index (κ3) is 4.19. The minimum Gasteiger partial charge on any atom is -0.329 e. The van der Waals surface area contributed by atoms with E-state index in [1.54, 1.807) is 0 Å². The third-order valence-electron chi connectivity index (χ3n) is 3.88. The highest BCUT2D eigenvalue weighted by Gasteiger charge is 2.20. The molecule has 2 aliphatic heterocycles. The Labute approximate surface area is 105 Å². The number of fused-ring (bicyclic) bond motifs is 3. The second kappa shape index (κ2) is 7.28. The Morgan fingerprint density at radius 2 is 1.82 bits per heavy atom. The van der Waals surface area contributed by atoms with Gasteiger partial charge in [0.05, 0.1) is 0 Å². The lowest BCUT2D eigenvalue weighted by Gasteiger charge is -2.32. The molecule has 2 saturated heterocycles. The van der Waals surface area contributed by atoms with Crippen molar-refractivity contribution in [1.29, 1.82) is 0 Å². The molecule has 0 spiro atoms. The van der Waals surface area contributed by atoms with Crippen LogP contribution in [0.4, 0.5) is 0 Å². The van der Waals surface area contributed by atoms with Crippen molar-refractivity contribution in [2.75, 3.05) is 65.4 Å². The quantitative estimate of drug-likeness (QED) is 0.522. The van der Waals surface area contributed by atoms with E-state index < -0.39 is 0 Å². The molecule has 0 radical (unpaired) electrons. The average Bonchev–Trinajstić information content (AvgIpc) is 2.46. The molecule has 2 bridgehead atoms. The van der Waals surface area contributed by atoms with Gasteiger partial charge in [-0.2, -0.15) is 0 Å². The van der Waals surface area contributed by atoms with Crippen molar-refractivity contribution in [3.05, 3.63) is 0 Å².